The van der Waals surface area contributed by atoms with Crippen LogP contribution in [0.4, 0.5) is 0 Å². The van der Waals surface area contributed by atoms with Crippen molar-refractivity contribution in [1.82, 2.24) is 9.21 Å². The minimum atomic E-state index is -3.19. The van der Waals surface area contributed by atoms with Crippen LogP contribution in [0.3, 0.4) is 0 Å². The quantitative estimate of drug-likeness (QED) is 0.722. The Hall–Kier alpha value is -0.660. The molecule has 6 nitrogen and oxygen atoms in total. The Morgan fingerprint density at radius 2 is 1.75 bits per heavy atom. The Balaban J connectivity index is 2.52. The lowest BCUT2D eigenvalue weighted by Gasteiger charge is -2.33. The lowest BCUT2D eigenvalue weighted by atomic mass is 10.3. The molecule has 0 amide bonds. The van der Waals surface area contributed by atoms with Crippen molar-refractivity contribution in [2.24, 2.45) is 0 Å². The Morgan fingerprint density at radius 3 is 2.12 bits per heavy atom. The minimum Gasteiger partial charge on any atom is -0.480 e. The highest BCUT2D eigenvalue weighted by atomic mass is 32.2. The molecule has 0 bridgehead atoms. The normalized spacial score (nSPS) is 20.2. The van der Waals surface area contributed by atoms with Crippen molar-refractivity contribution in [1.29, 1.82) is 0 Å². The summed E-state index contributed by atoms with van der Waals surface area (Å²) >= 11 is 0. The highest BCUT2D eigenvalue weighted by Crippen LogP contribution is 2.11. The van der Waals surface area contributed by atoms with Gasteiger partial charge < -0.3 is 5.11 Å². The Labute approximate surface area is 95.9 Å². The number of sulfonamides is 1. The van der Waals surface area contributed by atoms with Crippen molar-refractivity contribution in [3.8, 4) is 0 Å². The van der Waals surface area contributed by atoms with E-state index in [-0.39, 0.29) is 6.54 Å². The van der Waals surface area contributed by atoms with E-state index < -0.39 is 21.2 Å². The van der Waals surface area contributed by atoms with E-state index in [9.17, 15) is 13.2 Å². The van der Waals surface area contributed by atoms with Crippen LogP contribution < -0.4 is 0 Å². The maximum Gasteiger partial charge on any atom is 0.317 e. The number of piperazine rings is 1. The molecule has 7 heteroatoms. The zero-order chi connectivity index (χ0) is 12.3. The van der Waals surface area contributed by atoms with Crippen LogP contribution in [-0.2, 0) is 14.8 Å². The van der Waals surface area contributed by atoms with Gasteiger partial charge >= 0.3 is 5.97 Å². The number of carboxylic acids is 1. The Kier molecular flexibility index (Phi) is 4.28. The van der Waals surface area contributed by atoms with Crippen LogP contribution in [0.25, 0.3) is 0 Å². The molecule has 0 radical (unpaired) electrons. The van der Waals surface area contributed by atoms with Gasteiger partial charge in [0, 0.05) is 26.2 Å². The monoisotopic (exact) mass is 250 g/mol. The second-order valence-corrected chi connectivity index (χ2v) is 6.65. The topological polar surface area (TPSA) is 77.9 Å². The Morgan fingerprint density at radius 1 is 1.25 bits per heavy atom. The summed E-state index contributed by atoms with van der Waals surface area (Å²) in [5.41, 5.74) is 0. The number of carboxylic acid groups (broad SMARTS) is 1. The zero-order valence-corrected chi connectivity index (χ0v) is 10.4. The van der Waals surface area contributed by atoms with Crippen LogP contribution >= 0.6 is 0 Å². The van der Waals surface area contributed by atoms with E-state index in [0.717, 1.165) is 0 Å². The molecule has 1 heterocycles. The summed E-state index contributed by atoms with van der Waals surface area (Å²) in [7, 11) is -3.19. The van der Waals surface area contributed by atoms with Crippen molar-refractivity contribution in [3.63, 3.8) is 0 Å². The Bertz CT molecular complexity index is 345. The molecule has 0 aromatic rings. The van der Waals surface area contributed by atoms with Crippen LogP contribution in [0.1, 0.15) is 13.8 Å². The lowest BCUT2D eigenvalue weighted by molar-refractivity contribution is -0.138. The standard InChI is InChI=1S/C9H18N2O4S/c1-8(2)16(14,15)11-5-3-10(4-6-11)7-9(12)13/h8H,3-7H2,1-2H3,(H,12,13). The largest absolute Gasteiger partial charge is 0.480 e. The average Bonchev–Trinajstić information content (AvgIpc) is 2.17. The maximum absolute atomic E-state index is 11.8. The molecule has 0 saturated carbocycles. The maximum atomic E-state index is 11.8. The van der Waals surface area contributed by atoms with E-state index in [4.69, 9.17) is 5.11 Å². The summed E-state index contributed by atoms with van der Waals surface area (Å²) in [5.74, 6) is -0.875. The summed E-state index contributed by atoms with van der Waals surface area (Å²) in [6.07, 6.45) is 0. The molecule has 1 aliphatic heterocycles. The van der Waals surface area contributed by atoms with Gasteiger partial charge in [-0.15, -0.1) is 0 Å². The van der Waals surface area contributed by atoms with Crippen LogP contribution in [0.15, 0.2) is 0 Å². The van der Waals surface area contributed by atoms with Crippen molar-refractivity contribution in [3.05, 3.63) is 0 Å². The molecule has 0 spiro atoms. The first-order chi connectivity index (χ1) is 7.34. The van der Waals surface area contributed by atoms with Gasteiger partial charge in [-0.3, -0.25) is 9.69 Å². The molecule has 0 unspecified atom stereocenters. The molecule has 1 rings (SSSR count). The van der Waals surface area contributed by atoms with E-state index >= 15 is 0 Å². The third-order valence-corrected chi connectivity index (χ3v) is 4.92. The van der Waals surface area contributed by atoms with E-state index in [0.29, 0.717) is 26.2 Å². The van der Waals surface area contributed by atoms with Gasteiger partial charge in [-0.05, 0) is 13.8 Å². The molecule has 16 heavy (non-hydrogen) atoms. The fourth-order valence-corrected chi connectivity index (χ4v) is 2.90. The number of rotatable bonds is 4. The van der Waals surface area contributed by atoms with Gasteiger partial charge in [0.05, 0.1) is 11.8 Å². The lowest BCUT2D eigenvalue weighted by Crippen LogP contribution is -2.51. The molecular weight excluding hydrogens is 232 g/mol. The molecule has 0 aromatic heterocycles. The van der Waals surface area contributed by atoms with Crippen molar-refractivity contribution >= 4 is 16.0 Å². The number of hydrogen-bond acceptors (Lipinski definition) is 4. The molecule has 0 atom stereocenters. The molecule has 1 fully saturated rings. The van der Waals surface area contributed by atoms with Gasteiger partial charge in [0.15, 0.2) is 0 Å². The van der Waals surface area contributed by atoms with Crippen molar-refractivity contribution in [2.75, 3.05) is 32.7 Å². The third kappa shape index (κ3) is 3.16. The fourth-order valence-electron chi connectivity index (χ4n) is 1.63. The van der Waals surface area contributed by atoms with E-state index in [2.05, 4.69) is 0 Å². The van der Waals surface area contributed by atoms with Gasteiger partial charge in [0.1, 0.15) is 0 Å². The smallest absolute Gasteiger partial charge is 0.317 e. The summed E-state index contributed by atoms with van der Waals surface area (Å²) in [5, 5.41) is 8.19. The molecule has 1 saturated heterocycles. The minimum absolute atomic E-state index is 0.0183. The highest BCUT2D eigenvalue weighted by Gasteiger charge is 2.29. The molecule has 1 N–H and O–H groups in total. The third-order valence-electron chi connectivity index (χ3n) is 2.65. The fraction of sp³-hybridized carbons (Fsp3) is 0.889. The van der Waals surface area contributed by atoms with Crippen LogP contribution in [0.2, 0.25) is 0 Å². The first-order valence-corrected chi connectivity index (χ1v) is 6.77. The predicted octanol–water partition coefficient (Wildman–Crippen LogP) is -0.573. The first-order valence-electron chi connectivity index (χ1n) is 5.27. The van der Waals surface area contributed by atoms with Gasteiger partial charge in [0.25, 0.3) is 0 Å². The summed E-state index contributed by atoms with van der Waals surface area (Å²) in [6, 6.07) is 0. The van der Waals surface area contributed by atoms with E-state index in [1.165, 1.54) is 4.31 Å². The number of nitrogens with zero attached hydrogens (tertiary/aromatic N) is 2. The van der Waals surface area contributed by atoms with Gasteiger partial charge in [0.2, 0.25) is 10.0 Å². The van der Waals surface area contributed by atoms with E-state index in [1.807, 2.05) is 0 Å². The van der Waals surface area contributed by atoms with E-state index in [1.54, 1.807) is 18.7 Å². The number of carbonyl (C=O) groups is 1. The second-order valence-electron chi connectivity index (χ2n) is 4.16. The summed E-state index contributed by atoms with van der Waals surface area (Å²) in [6.45, 7) is 5.02. The first kappa shape index (κ1) is 13.4. The zero-order valence-electron chi connectivity index (χ0n) is 9.59. The summed E-state index contributed by atoms with van der Waals surface area (Å²) in [4.78, 5) is 12.2. The van der Waals surface area contributed by atoms with Crippen molar-refractivity contribution < 1.29 is 18.3 Å². The second kappa shape index (κ2) is 5.11. The van der Waals surface area contributed by atoms with Gasteiger partial charge in [-0.1, -0.05) is 0 Å². The van der Waals surface area contributed by atoms with Crippen LogP contribution in [-0.4, -0.2) is 66.7 Å². The van der Waals surface area contributed by atoms with Crippen molar-refractivity contribution in [2.45, 2.75) is 19.1 Å². The van der Waals surface area contributed by atoms with Gasteiger partial charge in [-0.25, -0.2) is 8.42 Å². The highest BCUT2D eigenvalue weighted by molar-refractivity contribution is 7.89. The molecule has 0 aromatic carbocycles. The molecule has 94 valence electrons. The molecule has 1 aliphatic rings. The average molecular weight is 250 g/mol. The number of hydrogen-bond donors (Lipinski definition) is 1. The van der Waals surface area contributed by atoms with Crippen LogP contribution in [0.5, 0.6) is 0 Å². The van der Waals surface area contributed by atoms with Gasteiger partial charge in [-0.2, -0.15) is 4.31 Å². The number of aliphatic carboxylic acids is 1. The van der Waals surface area contributed by atoms with Crippen LogP contribution in [0, 0.1) is 0 Å². The summed E-state index contributed by atoms with van der Waals surface area (Å²) < 4.78 is 25.1. The SMILES string of the molecule is CC(C)S(=O)(=O)N1CCN(CC(=O)O)CC1. The predicted molar refractivity (Wildman–Crippen MR) is 59.7 cm³/mol. The molecule has 0 aliphatic carbocycles. The molecular formula is C9H18N2O4S.